The summed E-state index contributed by atoms with van der Waals surface area (Å²) in [6.45, 7) is 4.61. The van der Waals surface area contributed by atoms with Crippen LogP contribution >= 0.6 is 0 Å². The minimum atomic E-state index is 0.393. The second kappa shape index (κ2) is 4.48. The van der Waals surface area contributed by atoms with Crippen LogP contribution in [0.25, 0.3) is 16.9 Å². The first-order chi connectivity index (χ1) is 9.22. The number of nitrogens with two attached hydrogens (primary N) is 1. The summed E-state index contributed by atoms with van der Waals surface area (Å²) in [5, 5.41) is 0. The SMILES string of the molecule is Cc1cccc(-n2c(CN)nc3cccnc32)c1C. The van der Waals surface area contributed by atoms with Crippen molar-refractivity contribution in [2.24, 2.45) is 5.73 Å². The van der Waals surface area contributed by atoms with E-state index in [4.69, 9.17) is 5.73 Å². The van der Waals surface area contributed by atoms with Gasteiger partial charge in [-0.05, 0) is 43.2 Å². The predicted octanol–water partition coefficient (Wildman–Crippen LogP) is 2.50. The minimum Gasteiger partial charge on any atom is -0.324 e. The monoisotopic (exact) mass is 252 g/mol. The zero-order chi connectivity index (χ0) is 13.4. The van der Waals surface area contributed by atoms with E-state index in [9.17, 15) is 0 Å². The van der Waals surface area contributed by atoms with Gasteiger partial charge in [-0.1, -0.05) is 12.1 Å². The van der Waals surface area contributed by atoms with Gasteiger partial charge < -0.3 is 5.73 Å². The summed E-state index contributed by atoms with van der Waals surface area (Å²) < 4.78 is 2.05. The molecule has 19 heavy (non-hydrogen) atoms. The molecule has 0 spiro atoms. The Morgan fingerprint density at radius 1 is 1.16 bits per heavy atom. The number of imidazole rings is 1. The smallest absolute Gasteiger partial charge is 0.164 e. The first kappa shape index (κ1) is 11.9. The van der Waals surface area contributed by atoms with E-state index in [1.807, 2.05) is 18.2 Å². The summed E-state index contributed by atoms with van der Waals surface area (Å²) in [6, 6.07) is 10.1. The zero-order valence-electron chi connectivity index (χ0n) is 11.1. The molecule has 2 N–H and O–H groups in total. The number of hydrogen-bond donors (Lipinski definition) is 1. The summed E-state index contributed by atoms with van der Waals surface area (Å²) in [7, 11) is 0. The highest BCUT2D eigenvalue weighted by Crippen LogP contribution is 2.23. The molecule has 4 heteroatoms. The fourth-order valence-corrected chi connectivity index (χ4v) is 2.33. The van der Waals surface area contributed by atoms with Gasteiger partial charge in [-0.15, -0.1) is 0 Å². The molecule has 0 aliphatic rings. The van der Waals surface area contributed by atoms with E-state index in [0.29, 0.717) is 6.54 Å². The first-order valence-corrected chi connectivity index (χ1v) is 6.31. The molecule has 0 unspecified atom stereocenters. The molecule has 0 bridgehead atoms. The number of pyridine rings is 1. The van der Waals surface area contributed by atoms with Crippen LogP contribution in [0.15, 0.2) is 36.5 Å². The Bertz CT molecular complexity index is 743. The highest BCUT2D eigenvalue weighted by molar-refractivity contribution is 5.74. The van der Waals surface area contributed by atoms with E-state index in [2.05, 4.69) is 40.5 Å². The Kier molecular flexibility index (Phi) is 2.80. The number of aryl methyl sites for hydroxylation is 1. The van der Waals surface area contributed by atoms with Crippen molar-refractivity contribution in [1.82, 2.24) is 14.5 Å². The van der Waals surface area contributed by atoms with Crippen LogP contribution in [0.2, 0.25) is 0 Å². The summed E-state index contributed by atoms with van der Waals surface area (Å²) in [4.78, 5) is 9.00. The van der Waals surface area contributed by atoms with Crippen molar-refractivity contribution < 1.29 is 0 Å². The molecular formula is C15H16N4. The lowest BCUT2D eigenvalue weighted by molar-refractivity contribution is 0.871. The van der Waals surface area contributed by atoms with Crippen molar-refractivity contribution in [3.05, 3.63) is 53.5 Å². The Morgan fingerprint density at radius 3 is 2.79 bits per heavy atom. The van der Waals surface area contributed by atoms with Crippen LogP contribution in [-0.4, -0.2) is 14.5 Å². The minimum absolute atomic E-state index is 0.393. The number of rotatable bonds is 2. The van der Waals surface area contributed by atoms with Crippen molar-refractivity contribution in [3.63, 3.8) is 0 Å². The van der Waals surface area contributed by atoms with Gasteiger partial charge in [-0.25, -0.2) is 9.97 Å². The highest BCUT2D eigenvalue weighted by Gasteiger charge is 2.14. The van der Waals surface area contributed by atoms with Gasteiger partial charge in [-0.2, -0.15) is 0 Å². The number of nitrogens with zero attached hydrogens (tertiary/aromatic N) is 3. The van der Waals surface area contributed by atoms with Crippen LogP contribution < -0.4 is 5.73 Å². The molecule has 96 valence electrons. The highest BCUT2D eigenvalue weighted by atomic mass is 15.1. The fourth-order valence-electron chi connectivity index (χ4n) is 2.33. The first-order valence-electron chi connectivity index (χ1n) is 6.31. The van der Waals surface area contributed by atoms with Gasteiger partial charge in [0.15, 0.2) is 5.65 Å². The molecule has 0 fully saturated rings. The third-order valence-corrected chi connectivity index (χ3v) is 3.49. The maximum absolute atomic E-state index is 5.83. The number of hydrogen-bond acceptors (Lipinski definition) is 3. The molecule has 0 atom stereocenters. The van der Waals surface area contributed by atoms with Gasteiger partial charge >= 0.3 is 0 Å². The molecule has 0 saturated heterocycles. The zero-order valence-corrected chi connectivity index (χ0v) is 11.1. The average Bonchev–Trinajstić information content (AvgIpc) is 2.80. The topological polar surface area (TPSA) is 56.7 Å². The van der Waals surface area contributed by atoms with Crippen molar-refractivity contribution in [2.45, 2.75) is 20.4 Å². The van der Waals surface area contributed by atoms with Crippen molar-refractivity contribution in [1.29, 1.82) is 0 Å². The molecular weight excluding hydrogens is 236 g/mol. The number of aromatic nitrogens is 3. The third kappa shape index (κ3) is 1.81. The fraction of sp³-hybridized carbons (Fsp3) is 0.200. The van der Waals surface area contributed by atoms with E-state index in [1.54, 1.807) is 6.20 Å². The lowest BCUT2D eigenvalue weighted by atomic mass is 10.1. The van der Waals surface area contributed by atoms with Crippen LogP contribution in [0.1, 0.15) is 17.0 Å². The molecule has 1 aromatic carbocycles. The lowest BCUT2D eigenvalue weighted by Gasteiger charge is -2.12. The van der Waals surface area contributed by atoms with Gasteiger partial charge in [0.1, 0.15) is 11.3 Å². The van der Waals surface area contributed by atoms with E-state index in [1.165, 1.54) is 11.1 Å². The quantitative estimate of drug-likeness (QED) is 0.762. The largest absolute Gasteiger partial charge is 0.324 e. The van der Waals surface area contributed by atoms with E-state index >= 15 is 0 Å². The van der Waals surface area contributed by atoms with E-state index in [0.717, 1.165) is 22.7 Å². The summed E-state index contributed by atoms with van der Waals surface area (Å²) >= 11 is 0. The maximum Gasteiger partial charge on any atom is 0.164 e. The standard InChI is InChI=1S/C15H16N4/c1-10-5-3-7-13(11(10)2)19-14(9-16)18-12-6-4-8-17-15(12)19/h3-8H,9,16H2,1-2H3. The molecule has 3 rings (SSSR count). The molecule has 0 amide bonds. The number of fused-ring (bicyclic) bond motifs is 1. The van der Waals surface area contributed by atoms with Crippen LogP contribution in [0.3, 0.4) is 0 Å². The van der Waals surface area contributed by atoms with Crippen LogP contribution in [0.4, 0.5) is 0 Å². The molecule has 0 radical (unpaired) electrons. The van der Waals surface area contributed by atoms with Gasteiger partial charge in [0, 0.05) is 6.20 Å². The Labute approximate surface area is 111 Å². The Hall–Kier alpha value is -2.20. The van der Waals surface area contributed by atoms with Gasteiger partial charge in [0.05, 0.1) is 12.2 Å². The Balaban J connectivity index is 2.38. The second-order valence-electron chi connectivity index (χ2n) is 4.63. The maximum atomic E-state index is 5.83. The van der Waals surface area contributed by atoms with Crippen molar-refractivity contribution in [3.8, 4) is 5.69 Å². The van der Waals surface area contributed by atoms with Crippen molar-refractivity contribution >= 4 is 11.2 Å². The summed E-state index contributed by atoms with van der Waals surface area (Å²) in [5.41, 5.74) is 11.1. The molecule has 0 aliphatic heterocycles. The van der Waals surface area contributed by atoms with Gasteiger partial charge in [0.25, 0.3) is 0 Å². The van der Waals surface area contributed by atoms with Gasteiger partial charge in [-0.3, -0.25) is 4.57 Å². The molecule has 4 nitrogen and oxygen atoms in total. The van der Waals surface area contributed by atoms with Crippen molar-refractivity contribution in [2.75, 3.05) is 0 Å². The van der Waals surface area contributed by atoms with Crippen LogP contribution in [-0.2, 0) is 6.54 Å². The third-order valence-electron chi connectivity index (χ3n) is 3.49. The Morgan fingerprint density at radius 2 is 2.00 bits per heavy atom. The molecule has 2 aromatic heterocycles. The molecule has 0 aliphatic carbocycles. The van der Waals surface area contributed by atoms with Gasteiger partial charge in [0.2, 0.25) is 0 Å². The van der Waals surface area contributed by atoms with E-state index < -0.39 is 0 Å². The number of benzene rings is 1. The molecule has 2 heterocycles. The summed E-state index contributed by atoms with van der Waals surface area (Å²) in [6.07, 6.45) is 1.78. The normalized spacial score (nSPS) is 11.1. The van der Waals surface area contributed by atoms with E-state index in [-0.39, 0.29) is 0 Å². The summed E-state index contributed by atoms with van der Waals surface area (Å²) in [5.74, 6) is 0.836. The van der Waals surface area contributed by atoms with Crippen LogP contribution in [0, 0.1) is 13.8 Å². The average molecular weight is 252 g/mol. The lowest BCUT2D eigenvalue weighted by Crippen LogP contribution is -2.08. The predicted molar refractivity (Wildman–Crippen MR) is 76.2 cm³/mol. The van der Waals surface area contributed by atoms with Crippen LogP contribution in [0.5, 0.6) is 0 Å². The molecule has 0 saturated carbocycles. The molecule has 3 aromatic rings. The second-order valence-corrected chi connectivity index (χ2v) is 4.63.